The highest BCUT2D eigenvalue weighted by atomic mass is 35.5. The number of halogens is 1. The number of hydrogen-bond acceptors (Lipinski definition) is 6. The summed E-state index contributed by atoms with van der Waals surface area (Å²) in [7, 11) is 3.75. The second kappa shape index (κ2) is 8.72. The number of nitrogens with one attached hydrogen (secondary N) is 1. The van der Waals surface area contributed by atoms with Crippen LogP contribution < -0.4 is 10.2 Å². The van der Waals surface area contributed by atoms with Crippen LogP contribution in [-0.4, -0.2) is 48.0 Å². The number of carbonyl (C=O) groups excluding carboxylic acids is 1. The largest absolute Gasteiger partial charge is 0.376 e. The fourth-order valence-electron chi connectivity index (χ4n) is 2.95. The maximum atomic E-state index is 12.3. The van der Waals surface area contributed by atoms with Crippen LogP contribution >= 0.6 is 11.6 Å². The molecule has 8 heteroatoms. The Morgan fingerprint density at radius 3 is 2.86 bits per heavy atom. The molecule has 3 heterocycles. The summed E-state index contributed by atoms with van der Waals surface area (Å²) >= 11 is 6.10. The van der Waals surface area contributed by atoms with Crippen molar-refractivity contribution in [2.45, 2.75) is 12.8 Å². The summed E-state index contributed by atoms with van der Waals surface area (Å²) in [5.41, 5.74) is 3.45. The van der Waals surface area contributed by atoms with Crippen LogP contribution in [0.5, 0.6) is 0 Å². The maximum Gasteiger partial charge on any atom is 0.230 e. The van der Waals surface area contributed by atoms with Crippen molar-refractivity contribution in [3.63, 3.8) is 0 Å². The minimum Gasteiger partial charge on any atom is -0.376 e. The van der Waals surface area contributed by atoms with Gasteiger partial charge in [-0.3, -0.25) is 9.78 Å². The van der Waals surface area contributed by atoms with E-state index in [1.165, 1.54) is 6.20 Å². The summed E-state index contributed by atoms with van der Waals surface area (Å²) in [6.45, 7) is 1.31. The quantitative estimate of drug-likeness (QED) is 0.782. The third kappa shape index (κ3) is 4.78. The van der Waals surface area contributed by atoms with Gasteiger partial charge in [0, 0.05) is 32.9 Å². The Hall–Kier alpha value is -3.11. The highest BCUT2D eigenvalue weighted by molar-refractivity contribution is 6.33. The van der Waals surface area contributed by atoms with Gasteiger partial charge in [0.2, 0.25) is 5.91 Å². The molecule has 1 aliphatic rings. The Kier molecular flexibility index (Phi) is 6.12. The SMILES string of the molecule is CN(C)c1cc(NC(=O)Cc2ccc(C3=CCCN(C#N)C3)nc2)ncc1Cl. The zero-order chi connectivity index (χ0) is 20.1. The molecule has 2 aromatic rings. The molecule has 2 aromatic heterocycles. The standard InChI is InChI=1S/C20H21ClN6O/c1-26(2)18-9-19(24-11-16(18)21)25-20(28)8-14-5-6-17(23-10-14)15-4-3-7-27(12-15)13-22/h4-6,9-11H,3,7-8,12H2,1-2H3,(H,24,25,28). The van der Waals surface area contributed by atoms with Crippen LogP contribution in [0.4, 0.5) is 11.5 Å². The number of aromatic nitrogens is 2. The second-order valence-corrected chi connectivity index (χ2v) is 7.14. The predicted octanol–water partition coefficient (Wildman–Crippen LogP) is 2.95. The molecule has 1 aliphatic heterocycles. The van der Waals surface area contributed by atoms with Crippen molar-refractivity contribution in [3.8, 4) is 6.19 Å². The lowest BCUT2D eigenvalue weighted by Gasteiger charge is -2.21. The molecule has 1 N–H and O–H groups in total. The number of nitrogens with zero attached hydrogens (tertiary/aromatic N) is 5. The van der Waals surface area contributed by atoms with E-state index in [2.05, 4.69) is 27.6 Å². The van der Waals surface area contributed by atoms with Crippen LogP contribution in [-0.2, 0) is 11.2 Å². The molecule has 3 rings (SSSR count). The first kappa shape index (κ1) is 19.6. The summed E-state index contributed by atoms with van der Waals surface area (Å²) in [6, 6.07) is 5.51. The Labute approximate surface area is 169 Å². The van der Waals surface area contributed by atoms with Crippen molar-refractivity contribution < 1.29 is 4.79 Å². The van der Waals surface area contributed by atoms with Gasteiger partial charge in [0.15, 0.2) is 6.19 Å². The van der Waals surface area contributed by atoms with E-state index in [0.29, 0.717) is 17.4 Å². The predicted molar refractivity (Wildman–Crippen MR) is 110 cm³/mol. The van der Waals surface area contributed by atoms with E-state index in [1.807, 2.05) is 31.1 Å². The van der Waals surface area contributed by atoms with E-state index >= 15 is 0 Å². The highest BCUT2D eigenvalue weighted by Crippen LogP contribution is 2.25. The molecule has 0 radical (unpaired) electrons. The normalized spacial score (nSPS) is 13.5. The molecule has 0 atom stereocenters. The molecule has 0 aliphatic carbocycles. The summed E-state index contributed by atoms with van der Waals surface area (Å²) in [5, 5.41) is 12.4. The zero-order valence-electron chi connectivity index (χ0n) is 15.8. The number of anilines is 2. The number of carbonyl (C=O) groups is 1. The number of rotatable bonds is 5. The van der Waals surface area contributed by atoms with Gasteiger partial charge in [0.05, 0.1) is 35.6 Å². The summed E-state index contributed by atoms with van der Waals surface area (Å²) in [4.78, 5) is 24.5. The van der Waals surface area contributed by atoms with Gasteiger partial charge in [-0.15, -0.1) is 0 Å². The first-order chi connectivity index (χ1) is 13.5. The van der Waals surface area contributed by atoms with Crippen molar-refractivity contribution in [1.29, 1.82) is 5.26 Å². The number of amides is 1. The van der Waals surface area contributed by atoms with Gasteiger partial charge >= 0.3 is 0 Å². The third-order valence-corrected chi connectivity index (χ3v) is 4.69. The van der Waals surface area contributed by atoms with Gasteiger partial charge in [-0.25, -0.2) is 4.98 Å². The average Bonchev–Trinajstić information content (AvgIpc) is 2.70. The van der Waals surface area contributed by atoms with Gasteiger partial charge in [-0.2, -0.15) is 5.26 Å². The van der Waals surface area contributed by atoms with E-state index in [-0.39, 0.29) is 12.3 Å². The molecule has 0 saturated heterocycles. The number of pyridine rings is 2. The monoisotopic (exact) mass is 396 g/mol. The molecule has 0 spiro atoms. The van der Waals surface area contributed by atoms with E-state index in [9.17, 15) is 4.79 Å². The number of hydrogen-bond donors (Lipinski definition) is 1. The Morgan fingerprint density at radius 2 is 2.18 bits per heavy atom. The zero-order valence-corrected chi connectivity index (χ0v) is 16.6. The number of nitriles is 1. The van der Waals surface area contributed by atoms with Gasteiger partial charge in [0.25, 0.3) is 0 Å². The molecule has 0 aromatic carbocycles. The van der Waals surface area contributed by atoms with Crippen LogP contribution in [0.25, 0.3) is 5.57 Å². The van der Waals surface area contributed by atoms with Crippen LogP contribution in [0.3, 0.4) is 0 Å². The first-order valence-electron chi connectivity index (χ1n) is 8.88. The van der Waals surface area contributed by atoms with Crippen molar-refractivity contribution in [2.75, 3.05) is 37.4 Å². The van der Waals surface area contributed by atoms with E-state index < -0.39 is 0 Å². The lowest BCUT2D eigenvalue weighted by molar-refractivity contribution is -0.115. The van der Waals surface area contributed by atoms with Crippen LogP contribution in [0.2, 0.25) is 5.02 Å². The molecule has 1 amide bonds. The molecule has 0 fully saturated rings. The molecule has 0 saturated carbocycles. The fourth-order valence-corrected chi connectivity index (χ4v) is 3.22. The maximum absolute atomic E-state index is 12.3. The summed E-state index contributed by atoms with van der Waals surface area (Å²) in [5.74, 6) is 0.272. The van der Waals surface area contributed by atoms with Crippen LogP contribution in [0, 0.1) is 11.5 Å². The summed E-state index contributed by atoms with van der Waals surface area (Å²) < 4.78 is 0. The van der Waals surface area contributed by atoms with Gasteiger partial charge in [0.1, 0.15) is 5.82 Å². The Bertz CT molecular complexity index is 933. The Balaban J connectivity index is 1.63. The van der Waals surface area contributed by atoms with Crippen molar-refractivity contribution in [1.82, 2.24) is 14.9 Å². The Morgan fingerprint density at radius 1 is 1.36 bits per heavy atom. The smallest absolute Gasteiger partial charge is 0.230 e. The van der Waals surface area contributed by atoms with Crippen molar-refractivity contribution in [2.24, 2.45) is 0 Å². The van der Waals surface area contributed by atoms with Crippen molar-refractivity contribution >= 4 is 34.6 Å². The third-order valence-electron chi connectivity index (χ3n) is 4.40. The molecule has 7 nitrogen and oxygen atoms in total. The average molecular weight is 397 g/mol. The molecular weight excluding hydrogens is 376 g/mol. The van der Waals surface area contributed by atoms with Gasteiger partial charge in [-0.1, -0.05) is 23.7 Å². The van der Waals surface area contributed by atoms with Gasteiger partial charge < -0.3 is 15.1 Å². The second-order valence-electron chi connectivity index (χ2n) is 6.73. The fraction of sp³-hybridized carbons (Fsp3) is 0.300. The minimum absolute atomic E-state index is 0.179. The lowest BCUT2D eigenvalue weighted by Crippen LogP contribution is -2.24. The highest BCUT2D eigenvalue weighted by Gasteiger charge is 2.14. The van der Waals surface area contributed by atoms with E-state index in [4.69, 9.17) is 16.9 Å². The molecular formula is C20H21ClN6O. The lowest BCUT2D eigenvalue weighted by atomic mass is 10.1. The summed E-state index contributed by atoms with van der Waals surface area (Å²) in [6.07, 6.45) is 8.52. The molecule has 0 unspecified atom stereocenters. The van der Waals surface area contributed by atoms with E-state index in [0.717, 1.165) is 35.5 Å². The minimum atomic E-state index is -0.179. The molecule has 0 bridgehead atoms. The first-order valence-corrected chi connectivity index (χ1v) is 9.26. The molecule has 144 valence electrons. The molecule has 28 heavy (non-hydrogen) atoms. The van der Waals surface area contributed by atoms with Crippen LogP contribution in [0.1, 0.15) is 17.7 Å². The van der Waals surface area contributed by atoms with Gasteiger partial charge in [-0.05, 0) is 23.6 Å². The van der Waals surface area contributed by atoms with E-state index in [1.54, 1.807) is 17.2 Å². The topological polar surface area (TPSA) is 85.2 Å². The van der Waals surface area contributed by atoms with Crippen LogP contribution in [0.15, 0.2) is 36.7 Å². The van der Waals surface area contributed by atoms with Crippen molar-refractivity contribution in [3.05, 3.63) is 52.9 Å².